The molecule has 5 heteroatoms. The van der Waals surface area contributed by atoms with Crippen LogP contribution in [0.2, 0.25) is 5.02 Å². The van der Waals surface area contributed by atoms with Crippen LogP contribution in [0.3, 0.4) is 0 Å². The second-order valence-electron chi connectivity index (χ2n) is 5.84. The minimum Gasteiger partial charge on any atom is -0.494 e. The average Bonchev–Trinajstić information content (AvgIpc) is 2.61. The zero-order valence-electron chi connectivity index (χ0n) is 14.2. The molecule has 0 saturated heterocycles. The van der Waals surface area contributed by atoms with Crippen LogP contribution in [0, 0.1) is 0 Å². The number of hydrogen-bond acceptors (Lipinski definition) is 3. The molecular weight excluding hydrogens is 338 g/mol. The smallest absolute Gasteiger partial charge is 0.251 e. The molecule has 0 aliphatic carbocycles. The summed E-state index contributed by atoms with van der Waals surface area (Å²) in [4.78, 5) is 12.6. The van der Waals surface area contributed by atoms with Crippen LogP contribution in [0.25, 0.3) is 6.08 Å². The molecule has 0 aromatic heterocycles. The Bertz CT molecular complexity index is 816. The first kappa shape index (κ1) is 17.4. The Morgan fingerprint density at radius 3 is 2.96 bits per heavy atom. The van der Waals surface area contributed by atoms with Gasteiger partial charge in [-0.25, -0.2) is 0 Å². The summed E-state index contributed by atoms with van der Waals surface area (Å²) in [6.45, 7) is 4.73. The van der Waals surface area contributed by atoms with Crippen molar-refractivity contribution in [1.29, 1.82) is 0 Å². The van der Waals surface area contributed by atoms with E-state index in [9.17, 15) is 4.79 Å². The van der Waals surface area contributed by atoms with Gasteiger partial charge in [0, 0.05) is 10.6 Å². The molecule has 0 spiro atoms. The predicted molar refractivity (Wildman–Crippen MR) is 99.1 cm³/mol. The number of nitrogens with one attached hydrogen (secondary N) is 1. The fourth-order valence-electron chi connectivity index (χ4n) is 2.69. The van der Waals surface area contributed by atoms with Crippen molar-refractivity contribution in [1.82, 2.24) is 5.32 Å². The van der Waals surface area contributed by atoms with Crippen LogP contribution < -0.4 is 14.8 Å². The fourth-order valence-corrected chi connectivity index (χ4v) is 2.87. The molecule has 1 aliphatic rings. The van der Waals surface area contributed by atoms with Gasteiger partial charge in [-0.05, 0) is 55.8 Å². The maximum atomic E-state index is 12.6. The van der Waals surface area contributed by atoms with Gasteiger partial charge in [0.25, 0.3) is 5.91 Å². The SMILES string of the molecule is CCOc1cccc(C(C)NC(=O)C2=Cc3cc(Cl)ccc3OC2)c1. The van der Waals surface area contributed by atoms with Gasteiger partial charge in [-0.3, -0.25) is 4.79 Å². The van der Waals surface area contributed by atoms with E-state index < -0.39 is 0 Å². The second kappa shape index (κ2) is 7.62. The standard InChI is InChI=1S/C20H20ClNO3/c1-3-24-18-6-4-5-14(11-18)13(2)22-20(23)16-9-15-10-17(21)7-8-19(15)25-12-16/h4-11,13H,3,12H2,1-2H3,(H,22,23). The quantitative estimate of drug-likeness (QED) is 0.863. The Balaban J connectivity index is 1.73. The molecule has 1 heterocycles. The van der Waals surface area contributed by atoms with Gasteiger partial charge < -0.3 is 14.8 Å². The number of amides is 1. The van der Waals surface area contributed by atoms with E-state index in [2.05, 4.69) is 5.32 Å². The number of fused-ring (bicyclic) bond motifs is 1. The summed E-state index contributed by atoms with van der Waals surface area (Å²) in [5, 5.41) is 3.62. The zero-order chi connectivity index (χ0) is 17.8. The lowest BCUT2D eigenvalue weighted by atomic mass is 10.0. The minimum absolute atomic E-state index is 0.144. The van der Waals surface area contributed by atoms with Crippen LogP contribution in [0.15, 0.2) is 48.0 Å². The number of hydrogen-bond donors (Lipinski definition) is 1. The number of carbonyl (C=O) groups excluding carboxylic acids is 1. The lowest BCUT2D eigenvalue weighted by Crippen LogP contribution is -2.30. The van der Waals surface area contributed by atoms with Crippen LogP contribution in [-0.4, -0.2) is 19.1 Å². The first-order valence-corrected chi connectivity index (χ1v) is 8.61. The Kier molecular flexibility index (Phi) is 5.29. The van der Waals surface area contributed by atoms with E-state index in [1.165, 1.54) is 0 Å². The highest BCUT2D eigenvalue weighted by atomic mass is 35.5. The lowest BCUT2D eigenvalue weighted by molar-refractivity contribution is -0.118. The second-order valence-corrected chi connectivity index (χ2v) is 6.28. The molecule has 0 radical (unpaired) electrons. The summed E-state index contributed by atoms with van der Waals surface area (Å²) in [6.07, 6.45) is 1.82. The Morgan fingerprint density at radius 2 is 2.16 bits per heavy atom. The summed E-state index contributed by atoms with van der Waals surface area (Å²) in [6, 6.07) is 13.0. The van der Waals surface area contributed by atoms with Crippen LogP contribution >= 0.6 is 11.6 Å². The fraction of sp³-hybridized carbons (Fsp3) is 0.250. The molecule has 1 aliphatic heterocycles. The van der Waals surface area contributed by atoms with E-state index in [0.717, 1.165) is 22.6 Å². The van der Waals surface area contributed by atoms with Crippen LogP contribution in [-0.2, 0) is 4.79 Å². The summed E-state index contributed by atoms with van der Waals surface area (Å²) >= 11 is 6.01. The molecule has 2 aromatic rings. The molecule has 3 rings (SSSR count). The molecule has 25 heavy (non-hydrogen) atoms. The Morgan fingerprint density at radius 1 is 1.32 bits per heavy atom. The number of carbonyl (C=O) groups is 1. The molecular formula is C20H20ClNO3. The minimum atomic E-state index is -0.153. The van der Waals surface area contributed by atoms with E-state index in [0.29, 0.717) is 17.2 Å². The van der Waals surface area contributed by atoms with Crippen molar-refractivity contribution in [3.8, 4) is 11.5 Å². The molecule has 1 unspecified atom stereocenters. The monoisotopic (exact) mass is 357 g/mol. The van der Waals surface area contributed by atoms with Crippen molar-refractivity contribution in [3.05, 3.63) is 64.2 Å². The molecule has 0 fully saturated rings. The number of rotatable bonds is 5. The van der Waals surface area contributed by atoms with Gasteiger partial charge in [-0.1, -0.05) is 23.7 Å². The summed E-state index contributed by atoms with van der Waals surface area (Å²) in [5.41, 5.74) is 2.37. The van der Waals surface area contributed by atoms with Crippen LogP contribution in [0.4, 0.5) is 0 Å². The third-order valence-corrected chi connectivity index (χ3v) is 4.23. The highest BCUT2D eigenvalue weighted by Crippen LogP contribution is 2.29. The van der Waals surface area contributed by atoms with Crippen molar-refractivity contribution in [2.75, 3.05) is 13.2 Å². The predicted octanol–water partition coefficient (Wildman–Crippen LogP) is 4.39. The molecule has 2 aromatic carbocycles. The summed E-state index contributed by atoms with van der Waals surface area (Å²) in [5.74, 6) is 1.38. The third-order valence-electron chi connectivity index (χ3n) is 3.99. The molecule has 1 amide bonds. The van der Waals surface area contributed by atoms with Gasteiger partial charge in [0.15, 0.2) is 0 Å². The number of ether oxygens (including phenoxy) is 2. The summed E-state index contributed by atoms with van der Waals surface area (Å²) in [7, 11) is 0. The molecule has 0 bridgehead atoms. The first-order valence-electron chi connectivity index (χ1n) is 8.23. The lowest BCUT2D eigenvalue weighted by Gasteiger charge is -2.20. The maximum Gasteiger partial charge on any atom is 0.251 e. The molecule has 1 atom stereocenters. The number of halogens is 1. The van der Waals surface area contributed by atoms with Gasteiger partial charge in [0.05, 0.1) is 18.2 Å². The van der Waals surface area contributed by atoms with E-state index in [-0.39, 0.29) is 18.6 Å². The molecule has 0 saturated carbocycles. The Labute approximate surface area is 152 Å². The van der Waals surface area contributed by atoms with Crippen molar-refractivity contribution < 1.29 is 14.3 Å². The normalized spacial score (nSPS) is 14.0. The van der Waals surface area contributed by atoms with Crippen molar-refractivity contribution in [3.63, 3.8) is 0 Å². The van der Waals surface area contributed by atoms with Gasteiger partial charge in [0.1, 0.15) is 18.1 Å². The summed E-state index contributed by atoms with van der Waals surface area (Å²) < 4.78 is 11.2. The van der Waals surface area contributed by atoms with Crippen molar-refractivity contribution in [2.45, 2.75) is 19.9 Å². The van der Waals surface area contributed by atoms with Crippen molar-refractivity contribution >= 4 is 23.6 Å². The van der Waals surface area contributed by atoms with E-state index in [1.54, 1.807) is 12.1 Å². The average molecular weight is 358 g/mol. The highest BCUT2D eigenvalue weighted by Gasteiger charge is 2.19. The van der Waals surface area contributed by atoms with Gasteiger partial charge in [0.2, 0.25) is 0 Å². The third kappa shape index (κ3) is 4.15. The zero-order valence-corrected chi connectivity index (χ0v) is 15.0. The number of benzene rings is 2. The Hall–Kier alpha value is -2.46. The van der Waals surface area contributed by atoms with E-state index >= 15 is 0 Å². The topological polar surface area (TPSA) is 47.6 Å². The van der Waals surface area contributed by atoms with Crippen molar-refractivity contribution in [2.24, 2.45) is 0 Å². The molecule has 4 nitrogen and oxygen atoms in total. The van der Waals surface area contributed by atoms with E-state index in [1.807, 2.05) is 50.3 Å². The highest BCUT2D eigenvalue weighted by molar-refractivity contribution is 6.30. The largest absolute Gasteiger partial charge is 0.494 e. The molecule has 130 valence electrons. The first-order chi connectivity index (χ1) is 12.1. The molecule has 1 N–H and O–H groups in total. The van der Waals surface area contributed by atoms with Crippen LogP contribution in [0.5, 0.6) is 11.5 Å². The van der Waals surface area contributed by atoms with Gasteiger partial charge in [-0.2, -0.15) is 0 Å². The van der Waals surface area contributed by atoms with Gasteiger partial charge >= 0.3 is 0 Å². The van der Waals surface area contributed by atoms with E-state index in [4.69, 9.17) is 21.1 Å². The van der Waals surface area contributed by atoms with Gasteiger partial charge in [-0.15, -0.1) is 0 Å². The van der Waals surface area contributed by atoms with Crippen LogP contribution in [0.1, 0.15) is 31.0 Å². The maximum absolute atomic E-state index is 12.6.